The number of fused-ring (bicyclic) bond motifs is 1. The molecule has 0 saturated carbocycles. The van der Waals surface area contributed by atoms with E-state index in [1.807, 2.05) is 25.5 Å². The lowest BCUT2D eigenvalue weighted by atomic mass is 10.0. The molecule has 1 unspecified atom stereocenters. The zero-order chi connectivity index (χ0) is 11.0. The van der Waals surface area contributed by atoms with E-state index in [2.05, 4.69) is 14.4 Å². The average molecular weight is 217 g/mol. The van der Waals surface area contributed by atoms with Gasteiger partial charge in [0.15, 0.2) is 0 Å². The van der Waals surface area contributed by atoms with Crippen LogP contribution < -0.4 is 0 Å². The van der Waals surface area contributed by atoms with Gasteiger partial charge in [0.2, 0.25) is 0 Å². The van der Waals surface area contributed by atoms with E-state index < -0.39 is 0 Å². The van der Waals surface area contributed by atoms with Crippen LogP contribution in [0.25, 0.3) is 5.52 Å². The molecular formula is C12H15N3O. The fourth-order valence-electron chi connectivity index (χ4n) is 2.26. The van der Waals surface area contributed by atoms with Crippen LogP contribution in [0.3, 0.4) is 0 Å². The van der Waals surface area contributed by atoms with Gasteiger partial charge in [-0.05, 0) is 19.8 Å². The highest BCUT2D eigenvalue weighted by Gasteiger charge is 2.20. The second-order valence-corrected chi connectivity index (χ2v) is 4.35. The molecule has 0 amide bonds. The Morgan fingerprint density at radius 3 is 3.06 bits per heavy atom. The molecule has 1 fully saturated rings. The van der Waals surface area contributed by atoms with Gasteiger partial charge in [-0.25, -0.2) is 4.98 Å². The van der Waals surface area contributed by atoms with E-state index in [9.17, 15) is 0 Å². The highest BCUT2D eigenvalue weighted by Crippen LogP contribution is 2.24. The smallest absolute Gasteiger partial charge is 0.118 e. The zero-order valence-corrected chi connectivity index (χ0v) is 9.39. The van der Waals surface area contributed by atoms with Gasteiger partial charge in [0.05, 0.1) is 30.2 Å². The second kappa shape index (κ2) is 3.87. The molecule has 4 heteroatoms. The van der Waals surface area contributed by atoms with Crippen LogP contribution in [0.5, 0.6) is 0 Å². The minimum atomic E-state index is 0.429. The normalized spacial score (nSPS) is 21.4. The first-order chi connectivity index (χ1) is 7.84. The number of ether oxygens (including phenoxy) is 1. The number of hydrogen-bond donors (Lipinski definition) is 0. The molecule has 2 aromatic rings. The molecule has 1 saturated heterocycles. The maximum atomic E-state index is 5.52. The van der Waals surface area contributed by atoms with Gasteiger partial charge in [0, 0.05) is 18.7 Å². The number of aryl methyl sites for hydroxylation is 1. The highest BCUT2D eigenvalue weighted by molar-refractivity contribution is 5.44. The molecule has 0 N–H and O–H groups in total. The van der Waals surface area contributed by atoms with Crippen LogP contribution in [0.2, 0.25) is 0 Å². The fraction of sp³-hybridized carbons (Fsp3) is 0.500. The fourth-order valence-corrected chi connectivity index (χ4v) is 2.26. The van der Waals surface area contributed by atoms with E-state index in [4.69, 9.17) is 4.74 Å². The van der Waals surface area contributed by atoms with Crippen molar-refractivity contribution in [3.8, 4) is 0 Å². The monoisotopic (exact) mass is 217 g/mol. The lowest BCUT2D eigenvalue weighted by molar-refractivity contribution is 0.0779. The van der Waals surface area contributed by atoms with Gasteiger partial charge in [-0.2, -0.15) is 0 Å². The van der Waals surface area contributed by atoms with Crippen LogP contribution >= 0.6 is 0 Å². The number of imidazole rings is 1. The Morgan fingerprint density at radius 2 is 2.25 bits per heavy atom. The lowest BCUT2D eigenvalue weighted by Crippen LogP contribution is -2.17. The molecule has 3 heterocycles. The quantitative estimate of drug-likeness (QED) is 0.732. The summed E-state index contributed by atoms with van der Waals surface area (Å²) in [4.78, 5) is 8.78. The molecule has 0 spiro atoms. The summed E-state index contributed by atoms with van der Waals surface area (Å²) in [5.74, 6) is 1.54. The summed E-state index contributed by atoms with van der Waals surface area (Å²) in [7, 11) is 0. The Bertz CT molecular complexity index is 500. The van der Waals surface area contributed by atoms with Gasteiger partial charge in [-0.15, -0.1) is 0 Å². The molecule has 1 atom stereocenters. The van der Waals surface area contributed by atoms with E-state index in [1.54, 1.807) is 0 Å². The first-order valence-electron chi connectivity index (χ1n) is 5.72. The van der Waals surface area contributed by atoms with Crippen molar-refractivity contribution >= 4 is 5.52 Å². The van der Waals surface area contributed by atoms with E-state index in [0.717, 1.165) is 36.7 Å². The van der Waals surface area contributed by atoms with Crippen molar-refractivity contribution in [2.75, 3.05) is 13.2 Å². The molecule has 4 nitrogen and oxygen atoms in total. The van der Waals surface area contributed by atoms with Crippen molar-refractivity contribution in [1.29, 1.82) is 0 Å². The van der Waals surface area contributed by atoms with Gasteiger partial charge in [-0.3, -0.25) is 4.98 Å². The number of hydrogen-bond acceptors (Lipinski definition) is 3. The zero-order valence-electron chi connectivity index (χ0n) is 9.39. The molecule has 2 aromatic heterocycles. The first kappa shape index (κ1) is 9.78. The molecule has 84 valence electrons. The van der Waals surface area contributed by atoms with Crippen LogP contribution in [-0.4, -0.2) is 27.6 Å². The predicted octanol–water partition coefficient (Wildman–Crippen LogP) is 1.93. The van der Waals surface area contributed by atoms with Gasteiger partial charge in [0.1, 0.15) is 5.82 Å². The average Bonchev–Trinajstić information content (AvgIpc) is 2.73. The molecule has 1 aliphatic heterocycles. The number of aromatic nitrogens is 3. The lowest BCUT2D eigenvalue weighted by Gasteiger charge is -2.21. The molecule has 16 heavy (non-hydrogen) atoms. The van der Waals surface area contributed by atoms with Crippen molar-refractivity contribution in [3.63, 3.8) is 0 Å². The third kappa shape index (κ3) is 1.59. The highest BCUT2D eigenvalue weighted by atomic mass is 16.5. The maximum Gasteiger partial charge on any atom is 0.118 e. The van der Waals surface area contributed by atoms with E-state index in [0.29, 0.717) is 5.92 Å². The molecule has 1 aliphatic rings. The minimum absolute atomic E-state index is 0.429. The SMILES string of the molecule is Cc1cn2c(C3CCCOC3)ncc2cn1. The summed E-state index contributed by atoms with van der Waals surface area (Å²) < 4.78 is 7.66. The van der Waals surface area contributed by atoms with E-state index in [1.165, 1.54) is 6.42 Å². The standard InChI is InChI=1S/C12H15N3O/c1-9-7-15-11(5-13-9)6-14-12(15)10-3-2-4-16-8-10/h5-7,10H,2-4,8H2,1H3. The van der Waals surface area contributed by atoms with Crippen LogP contribution in [0.1, 0.15) is 30.3 Å². The molecule has 0 aliphatic carbocycles. The summed E-state index contributed by atoms with van der Waals surface area (Å²) in [6.07, 6.45) is 8.10. The molecule has 0 bridgehead atoms. The maximum absolute atomic E-state index is 5.52. The summed E-state index contributed by atoms with van der Waals surface area (Å²) in [5.41, 5.74) is 2.08. The Labute approximate surface area is 94.3 Å². The van der Waals surface area contributed by atoms with Gasteiger partial charge in [0.25, 0.3) is 0 Å². The Balaban J connectivity index is 2.05. The van der Waals surface area contributed by atoms with Crippen molar-refractivity contribution < 1.29 is 4.74 Å². The molecule has 0 radical (unpaired) electrons. The summed E-state index contributed by atoms with van der Waals surface area (Å²) in [5, 5.41) is 0. The van der Waals surface area contributed by atoms with Crippen molar-refractivity contribution in [3.05, 3.63) is 30.1 Å². The Hall–Kier alpha value is -1.42. The van der Waals surface area contributed by atoms with Crippen molar-refractivity contribution in [1.82, 2.24) is 14.4 Å². The molecule has 0 aromatic carbocycles. The van der Waals surface area contributed by atoms with Gasteiger partial charge >= 0.3 is 0 Å². The van der Waals surface area contributed by atoms with Crippen LogP contribution in [0.4, 0.5) is 0 Å². The predicted molar refractivity (Wildman–Crippen MR) is 60.5 cm³/mol. The Kier molecular flexibility index (Phi) is 2.36. The number of rotatable bonds is 1. The summed E-state index contributed by atoms with van der Waals surface area (Å²) >= 11 is 0. The molecular weight excluding hydrogens is 202 g/mol. The van der Waals surface area contributed by atoms with E-state index >= 15 is 0 Å². The summed E-state index contributed by atoms with van der Waals surface area (Å²) in [6.45, 7) is 3.68. The third-order valence-electron chi connectivity index (χ3n) is 3.10. The van der Waals surface area contributed by atoms with E-state index in [-0.39, 0.29) is 0 Å². The number of nitrogens with zero attached hydrogens (tertiary/aromatic N) is 3. The third-order valence-corrected chi connectivity index (χ3v) is 3.10. The van der Waals surface area contributed by atoms with Gasteiger partial charge in [-0.1, -0.05) is 0 Å². The second-order valence-electron chi connectivity index (χ2n) is 4.35. The topological polar surface area (TPSA) is 39.4 Å². The van der Waals surface area contributed by atoms with Crippen LogP contribution in [0.15, 0.2) is 18.6 Å². The van der Waals surface area contributed by atoms with Gasteiger partial charge < -0.3 is 9.14 Å². The Morgan fingerprint density at radius 1 is 1.38 bits per heavy atom. The van der Waals surface area contributed by atoms with Crippen LogP contribution in [-0.2, 0) is 4.74 Å². The van der Waals surface area contributed by atoms with Crippen molar-refractivity contribution in [2.45, 2.75) is 25.7 Å². The molecule has 3 rings (SSSR count). The van der Waals surface area contributed by atoms with Crippen molar-refractivity contribution in [2.24, 2.45) is 0 Å². The first-order valence-corrected chi connectivity index (χ1v) is 5.72. The summed E-state index contributed by atoms with van der Waals surface area (Å²) in [6, 6.07) is 0. The largest absolute Gasteiger partial charge is 0.381 e. The minimum Gasteiger partial charge on any atom is -0.381 e. The van der Waals surface area contributed by atoms with Crippen LogP contribution in [0, 0.1) is 6.92 Å².